The molecule has 2 aliphatic heterocycles. The van der Waals surface area contributed by atoms with Crippen LogP contribution in [-0.4, -0.2) is 51.3 Å². The fraction of sp³-hybridized carbons (Fsp3) is 0.429. The SMILES string of the molecule is Cc1noc(C)c1-c1ccc2nc(N3CCC(NC(=O)C(C)C)CC3)n3c2c1OCC3c1ccccn1. The van der Waals surface area contributed by atoms with E-state index >= 15 is 0 Å². The molecule has 0 aliphatic carbocycles. The second kappa shape index (κ2) is 9.21. The van der Waals surface area contributed by atoms with Crippen LogP contribution in [-0.2, 0) is 4.79 Å². The van der Waals surface area contributed by atoms with E-state index in [0.29, 0.717) is 6.61 Å². The number of pyridine rings is 1. The van der Waals surface area contributed by atoms with Gasteiger partial charge in [-0.1, -0.05) is 25.1 Å². The Labute approximate surface area is 215 Å². The molecular formula is C28H32N6O3. The van der Waals surface area contributed by atoms with Crippen molar-refractivity contribution in [3.05, 3.63) is 53.7 Å². The van der Waals surface area contributed by atoms with Crippen LogP contribution in [0.1, 0.15) is 49.9 Å². The molecular weight excluding hydrogens is 468 g/mol. The summed E-state index contributed by atoms with van der Waals surface area (Å²) in [6.07, 6.45) is 3.58. The summed E-state index contributed by atoms with van der Waals surface area (Å²) in [5, 5.41) is 7.36. The van der Waals surface area contributed by atoms with Crippen LogP contribution in [0.25, 0.3) is 22.2 Å². The summed E-state index contributed by atoms with van der Waals surface area (Å²) >= 11 is 0. The number of nitrogens with one attached hydrogen (secondary N) is 1. The minimum atomic E-state index is -0.105. The standard InChI is InChI=1S/C28H32N6O3/c1-16(2)27(35)30-19-10-13-33(14-11-19)28-31-22-9-8-20(24-17(3)32-37-18(24)4)26-25(22)34(28)23(15-36-26)21-7-5-6-12-29-21/h5-9,12,16,19,23H,10-11,13-15H2,1-4H3,(H,30,35). The average molecular weight is 501 g/mol. The molecule has 3 aromatic heterocycles. The van der Waals surface area contributed by atoms with Crippen LogP contribution in [0.5, 0.6) is 5.75 Å². The molecule has 192 valence electrons. The van der Waals surface area contributed by atoms with Crippen LogP contribution in [0.15, 0.2) is 41.1 Å². The van der Waals surface area contributed by atoms with Crippen LogP contribution in [0.4, 0.5) is 5.95 Å². The molecule has 9 heteroatoms. The average Bonchev–Trinajstić information content (AvgIpc) is 3.46. The number of rotatable bonds is 5. The van der Waals surface area contributed by atoms with Gasteiger partial charge in [-0.25, -0.2) is 4.98 Å². The Kier molecular flexibility index (Phi) is 5.85. The highest BCUT2D eigenvalue weighted by molar-refractivity contribution is 5.94. The molecule has 4 aromatic rings. The van der Waals surface area contributed by atoms with E-state index in [1.807, 2.05) is 52.1 Å². The molecule has 1 aromatic carbocycles. The molecule has 9 nitrogen and oxygen atoms in total. The molecule has 37 heavy (non-hydrogen) atoms. The highest BCUT2D eigenvalue weighted by Gasteiger charge is 2.34. The molecule has 1 saturated heterocycles. The van der Waals surface area contributed by atoms with Gasteiger partial charge in [0.05, 0.1) is 22.5 Å². The minimum Gasteiger partial charge on any atom is -0.488 e. The third-order valence-corrected chi connectivity index (χ3v) is 7.46. The third kappa shape index (κ3) is 4.02. The number of carbonyl (C=O) groups is 1. The lowest BCUT2D eigenvalue weighted by Crippen LogP contribution is -2.46. The number of hydrogen-bond donors (Lipinski definition) is 1. The summed E-state index contributed by atoms with van der Waals surface area (Å²) in [7, 11) is 0. The third-order valence-electron chi connectivity index (χ3n) is 7.46. The van der Waals surface area contributed by atoms with Crippen molar-refractivity contribution in [3.8, 4) is 16.9 Å². The van der Waals surface area contributed by atoms with Crippen LogP contribution in [0, 0.1) is 19.8 Å². The Hall–Kier alpha value is -3.88. The van der Waals surface area contributed by atoms with Gasteiger partial charge in [0.15, 0.2) is 5.75 Å². The molecule has 6 rings (SSSR count). The quantitative estimate of drug-likeness (QED) is 0.433. The van der Waals surface area contributed by atoms with Gasteiger partial charge >= 0.3 is 0 Å². The zero-order valence-corrected chi connectivity index (χ0v) is 21.7. The lowest BCUT2D eigenvalue weighted by molar-refractivity contribution is -0.124. The van der Waals surface area contributed by atoms with Gasteiger partial charge in [-0.2, -0.15) is 0 Å². The second-order valence-electron chi connectivity index (χ2n) is 10.3. The van der Waals surface area contributed by atoms with Gasteiger partial charge in [0.1, 0.15) is 23.9 Å². The maximum Gasteiger partial charge on any atom is 0.222 e. The van der Waals surface area contributed by atoms with Crippen molar-refractivity contribution < 1.29 is 14.1 Å². The number of nitrogens with zero attached hydrogens (tertiary/aromatic N) is 5. The van der Waals surface area contributed by atoms with Crippen molar-refractivity contribution >= 4 is 22.9 Å². The van der Waals surface area contributed by atoms with E-state index in [2.05, 4.69) is 37.1 Å². The van der Waals surface area contributed by atoms with Gasteiger partial charge in [0.25, 0.3) is 0 Å². The molecule has 1 amide bonds. The Bertz CT molecular complexity index is 1430. The summed E-state index contributed by atoms with van der Waals surface area (Å²) < 4.78 is 14.2. The molecule has 0 bridgehead atoms. The first-order valence-electron chi connectivity index (χ1n) is 13.0. The van der Waals surface area contributed by atoms with Crippen molar-refractivity contribution in [2.24, 2.45) is 5.92 Å². The number of hydrogen-bond acceptors (Lipinski definition) is 7. The zero-order valence-electron chi connectivity index (χ0n) is 21.7. The van der Waals surface area contributed by atoms with Gasteiger partial charge < -0.3 is 19.5 Å². The number of anilines is 1. The maximum absolute atomic E-state index is 12.2. The van der Waals surface area contributed by atoms with Crippen LogP contribution in [0.2, 0.25) is 0 Å². The highest BCUT2D eigenvalue weighted by Crippen LogP contribution is 2.46. The molecule has 1 atom stereocenters. The number of aryl methyl sites for hydroxylation is 2. The molecule has 0 radical (unpaired) electrons. The highest BCUT2D eigenvalue weighted by atomic mass is 16.5. The number of piperidine rings is 1. The van der Waals surface area contributed by atoms with E-state index in [1.54, 1.807) is 0 Å². The predicted molar refractivity (Wildman–Crippen MR) is 141 cm³/mol. The number of aromatic nitrogens is 4. The van der Waals surface area contributed by atoms with Crippen molar-refractivity contribution in [2.45, 2.75) is 52.6 Å². The first-order chi connectivity index (χ1) is 17.9. The first-order valence-corrected chi connectivity index (χ1v) is 13.0. The molecule has 0 saturated carbocycles. The molecule has 5 heterocycles. The Morgan fingerprint density at radius 1 is 1.14 bits per heavy atom. The summed E-state index contributed by atoms with van der Waals surface area (Å²) in [5.41, 5.74) is 5.55. The number of benzene rings is 1. The van der Waals surface area contributed by atoms with Crippen molar-refractivity contribution in [2.75, 3.05) is 24.6 Å². The smallest absolute Gasteiger partial charge is 0.222 e. The number of imidazole rings is 1. The molecule has 1 unspecified atom stereocenters. The van der Waals surface area contributed by atoms with E-state index in [1.165, 1.54) is 0 Å². The number of ether oxygens (including phenoxy) is 1. The molecule has 0 spiro atoms. The number of carbonyl (C=O) groups excluding carboxylic acids is 1. The zero-order chi connectivity index (χ0) is 25.7. The predicted octanol–water partition coefficient (Wildman–Crippen LogP) is 4.43. The Balaban J connectivity index is 1.43. The fourth-order valence-electron chi connectivity index (χ4n) is 5.49. The van der Waals surface area contributed by atoms with E-state index in [-0.39, 0.29) is 23.9 Å². The lowest BCUT2D eigenvalue weighted by atomic mass is 10.0. The van der Waals surface area contributed by atoms with Crippen molar-refractivity contribution in [1.29, 1.82) is 0 Å². The lowest BCUT2D eigenvalue weighted by Gasteiger charge is -2.35. The fourth-order valence-corrected chi connectivity index (χ4v) is 5.49. The molecule has 2 aliphatic rings. The van der Waals surface area contributed by atoms with Crippen molar-refractivity contribution in [3.63, 3.8) is 0 Å². The monoisotopic (exact) mass is 500 g/mol. The molecule has 1 N–H and O–H groups in total. The largest absolute Gasteiger partial charge is 0.488 e. The van der Waals surface area contributed by atoms with Gasteiger partial charge in [-0.3, -0.25) is 14.3 Å². The maximum atomic E-state index is 12.2. The number of amides is 1. The van der Waals surface area contributed by atoms with E-state index < -0.39 is 0 Å². The summed E-state index contributed by atoms with van der Waals surface area (Å²) in [5.74, 6) is 2.59. The van der Waals surface area contributed by atoms with Gasteiger partial charge in [-0.15, -0.1) is 0 Å². The minimum absolute atomic E-state index is 0.00969. The first kappa shape index (κ1) is 23.5. The second-order valence-corrected chi connectivity index (χ2v) is 10.3. The normalized spacial score (nSPS) is 17.9. The molecule has 1 fully saturated rings. The van der Waals surface area contributed by atoms with E-state index in [9.17, 15) is 4.79 Å². The summed E-state index contributed by atoms with van der Waals surface area (Å²) in [4.78, 5) is 24.4. The van der Waals surface area contributed by atoms with Crippen LogP contribution in [0.3, 0.4) is 0 Å². The Morgan fingerprint density at radius 3 is 2.62 bits per heavy atom. The van der Waals surface area contributed by atoms with E-state index in [0.717, 1.165) is 76.9 Å². The van der Waals surface area contributed by atoms with Gasteiger partial charge in [-0.05, 0) is 51.0 Å². The summed E-state index contributed by atoms with van der Waals surface area (Å²) in [6.45, 7) is 9.81. The topological polar surface area (TPSA) is 98.3 Å². The van der Waals surface area contributed by atoms with Gasteiger partial charge in [0, 0.05) is 36.8 Å². The Morgan fingerprint density at radius 2 is 1.95 bits per heavy atom. The summed E-state index contributed by atoms with van der Waals surface area (Å²) in [6, 6.07) is 10.2. The van der Waals surface area contributed by atoms with Gasteiger partial charge in [0.2, 0.25) is 11.9 Å². The van der Waals surface area contributed by atoms with Crippen LogP contribution < -0.4 is 15.0 Å². The van der Waals surface area contributed by atoms with Crippen LogP contribution >= 0.6 is 0 Å². The van der Waals surface area contributed by atoms with Crippen molar-refractivity contribution in [1.82, 2.24) is 25.0 Å². The van der Waals surface area contributed by atoms with E-state index in [4.69, 9.17) is 14.2 Å².